The van der Waals surface area contributed by atoms with Crippen LogP contribution < -0.4 is 5.32 Å². The minimum Gasteiger partial charge on any atom is -0.351 e. The predicted molar refractivity (Wildman–Crippen MR) is 106 cm³/mol. The smallest absolute Gasteiger partial charge is 0.230 e. The molecule has 1 saturated heterocycles. The second-order valence-corrected chi connectivity index (χ2v) is 8.24. The van der Waals surface area contributed by atoms with Crippen molar-refractivity contribution in [2.75, 3.05) is 18.8 Å². The van der Waals surface area contributed by atoms with Crippen molar-refractivity contribution in [3.05, 3.63) is 53.7 Å². The minimum absolute atomic E-state index is 0.0727. The van der Waals surface area contributed by atoms with E-state index in [4.69, 9.17) is 0 Å². The van der Waals surface area contributed by atoms with Crippen molar-refractivity contribution < 1.29 is 4.79 Å². The summed E-state index contributed by atoms with van der Waals surface area (Å²) in [5.74, 6) is 0.459. The van der Waals surface area contributed by atoms with Crippen LogP contribution in [0.1, 0.15) is 12.0 Å². The largest absolute Gasteiger partial charge is 0.351 e. The summed E-state index contributed by atoms with van der Waals surface area (Å²) in [4.78, 5) is 24.2. The van der Waals surface area contributed by atoms with E-state index in [9.17, 15) is 4.79 Å². The van der Waals surface area contributed by atoms with E-state index in [-0.39, 0.29) is 11.9 Å². The molecule has 0 bridgehead atoms. The van der Waals surface area contributed by atoms with Gasteiger partial charge < -0.3 is 5.32 Å². The molecule has 1 unspecified atom stereocenters. The Kier molecular flexibility index (Phi) is 5.48. The number of fused-ring (bicyclic) bond motifs is 1. The number of benzene rings is 1. The Morgan fingerprint density at radius 2 is 2.15 bits per heavy atom. The summed E-state index contributed by atoms with van der Waals surface area (Å²) in [6, 6.07) is 12.7. The van der Waals surface area contributed by atoms with Crippen LogP contribution in [0.3, 0.4) is 0 Å². The first-order valence-electron chi connectivity index (χ1n) is 8.64. The van der Waals surface area contributed by atoms with Crippen LogP contribution in [0.5, 0.6) is 0 Å². The van der Waals surface area contributed by atoms with Gasteiger partial charge in [0.25, 0.3) is 0 Å². The Morgan fingerprint density at radius 1 is 1.27 bits per heavy atom. The Hall–Kier alpha value is -1.96. The number of carbonyl (C=O) groups is 1. The van der Waals surface area contributed by atoms with Gasteiger partial charge in [-0.1, -0.05) is 42.1 Å². The van der Waals surface area contributed by atoms with Crippen LogP contribution in [-0.4, -0.2) is 45.7 Å². The molecule has 0 radical (unpaired) electrons. The van der Waals surface area contributed by atoms with Crippen LogP contribution in [0, 0.1) is 0 Å². The molecule has 1 amide bonds. The minimum atomic E-state index is 0.0727. The van der Waals surface area contributed by atoms with Gasteiger partial charge in [0.2, 0.25) is 5.91 Å². The first-order chi connectivity index (χ1) is 12.8. The molecule has 0 saturated carbocycles. The van der Waals surface area contributed by atoms with Crippen molar-refractivity contribution >= 4 is 39.2 Å². The van der Waals surface area contributed by atoms with E-state index in [1.54, 1.807) is 17.7 Å². The van der Waals surface area contributed by atoms with Crippen molar-refractivity contribution in [3.8, 4) is 0 Å². The number of amides is 1. The predicted octanol–water partition coefficient (Wildman–Crippen LogP) is 3.17. The number of thiophene rings is 1. The van der Waals surface area contributed by atoms with E-state index in [0.717, 1.165) is 41.3 Å². The second kappa shape index (κ2) is 8.16. The summed E-state index contributed by atoms with van der Waals surface area (Å²) < 4.78 is 0. The summed E-state index contributed by atoms with van der Waals surface area (Å²) in [5.41, 5.74) is 1.32. The van der Waals surface area contributed by atoms with Crippen LogP contribution in [-0.2, 0) is 11.3 Å². The van der Waals surface area contributed by atoms with Crippen molar-refractivity contribution in [2.24, 2.45) is 0 Å². The SMILES string of the molecule is O=C(CSc1ncnc2sccc12)NC1CCN(Cc2ccccc2)C1. The molecule has 1 aliphatic rings. The van der Waals surface area contributed by atoms with Gasteiger partial charge in [-0.05, 0) is 23.4 Å². The molecule has 0 aliphatic carbocycles. The molecule has 1 fully saturated rings. The Bertz CT molecular complexity index is 883. The maximum absolute atomic E-state index is 12.3. The molecule has 0 spiro atoms. The van der Waals surface area contributed by atoms with E-state index < -0.39 is 0 Å². The summed E-state index contributed by atoms with van der Waals surface area (Å²) in [6.45, 7) is 2.88. The fourth-order valence-electron chi connectivity index (χ4n) is 3.22. The second-order valence-electron chi connectivity index (χ2n) is 6.38. The lowest BCUT2D eigenvalue weighted by atomic mass is 10.2. The van der Waals surface area contributed by atoms with Crippen molar-refractivity contribution in [1.29, 1.82) is 0 Å². The summed E-state index contributed by atoms with van der Waals surface area (Å²) in [6.07, 6.45) is 2.57. The lowest BCUT2D eigenvalue weighted by molar-refractivity contribution is -0.119. The maximum atomic E-state index is 12.3. The van der Waals surface area contributed by atoms with E-state index in [0.29, 0.717) is 5.75 Å². The van der Waals surface area contributed by atoms with Gasteiger partial charge in [0.1, 0.15) is 16.2 Å². The number of aromatic nitrogens is 2. The van der Waals surface area contributed by atoms with Gasteiger partial charge in [0.15, 0.2) is 0 Å². The normalized spacial score (nSPS) is 17.6. The van der Waals surface area contributed by atoms with Crippen LogP contribution in [0.25, 0.3) is 10.2 Å². The number of hydrogen-bond donors (Lipinski definition) is 1. The topological polar surface area (TPSA) is 58.1 Å². The highest BCUT2D eigenvalue weighted by molar-refractivity contribution is 8.00. The first kappa shape index (κ1) is 17.5. The molecule has 5 nitrogen and oxygen atoms in total. The number of nitrogens with one attached hydrogen (secondary N) is 1. The van der Waals surface area contributed by atoms with Crippen LogP contribution >= 0.6 is 23.1 Å². The lowest BCUT2D eigenvalue weighted by Crippen LogP contribution is -2.38. The van der Waals surface area contributed by atoms with Gasteiger partial charge in [-0.25, -0.2) is 9.97 Å². The molecule has 26 heavy (non-hydrogen) atoms. The summed E-state index contributed by atoms with van der Waals surface area (Å²) in [5, 5.41) is 7.08. The van der Waals surface area contributed by atoms with Crippen LogP contribution in [0.15, 0.2) is 53.1 Å². The third-order valence-corrected chi connectivity index (χ3v) is 6.28. The van der Waals surface area contributed by atoms with Gasteiger partial charge >= 0.3 is 0 Å². The van der Waals surface area contributed by atoms with Gasteiger partial charge in [0, 0.05) is 31.1 Å². The van der Waals surface area contributed by atoms with E-state index in [1.165, 1.54) is 17.3 Å². The fourth-order valence-corrected chi connectivity index (χ4v) is 4.81. The third-order valence-electron chi connectivity index (χ3n) is 4.45. The van der Waals surface area contributed by atoms with Crippen LogP contribution in [0.2, 0.25) is 0 Å². The third kappa shape index (κ3) is 4.23. The zero-order chi connectivity index (χ0) is 17.8. The van der Waals surface area contributed by atoms with Gasteiger partial charge in [-0.15, -0.1) is 11.3 Å². The molecule has 1 aliphatic heterocycles. The lowest BCUT2D eigenvalue weighted by Gasteiger charge is -2.16. The maximum Gasteiger partial charge on any atom is 0.230 e. The fraction of sp³-hybridized carbons (Fsp3) is 0.316. The molecule has 134 valence electrons. The van der Waals surface area contributed by atoms with Gasteiger partial charge in [-0.3, -0.25) is 9.69 Å². The zero-order valence-corrected chi connectivity index (χ0v) is 15.9. The highest BCUT2D eigenvalue weighted by Crippen LogP contribution is 2.27. The molecule has 2 aromatic heterocycles. The number of carbonyl (C=O) groups excluding carboxylic acids is 1. The molecule has 1 aromatic carbocycles. The molecule has 3 heterocycles. The zero-order valence-electron chi connectivity index (χ0n) is 14.3. The summed E-state index contributed by atoms with van der Waals surface area (Å²) >= 11 is 3.07. The first-order valence-corrected chi connectivity index (χ1v) is 10.5. The number of likely N-dealkylation sites (tertiary alicyclic amines) is 1. The van der Waals surface area contributed by atoms with Crippen molar-refractivity contribution in [3.63, 3.8) is 0 Å². The van der Waals surface area contributed by atoms with Gasteiger partial charge in [0.05, 0.1) is 5.75 Å². The number of rotatable bonds is 6. The monoisotopic (exact) mass is 384 g/mol. The average molecular weight is 385 g/mol. The Labute approximate surface area is 160 Å². The molecule has 1 atom stereocenters. The number of thioether (sulfide) groups is 1. The van der Waals surface area contributed by atoms with Crippen LogP contribution in [0.4, 0.5) is 0 Å². The molecular formula is C19H20N4OS2. The Morgan fingerprint density at radius 3 is 3.04 bits per heavy atom. The highest BCUT2D eigenvalue weighted by Gasteiger charge is 2.23. The van der Waals surface area contributed by atoms with Crippen molar-refractivity contribution in [2.45, 2.75) is 24.0 Å². The Balaban J connectivity index is 1.26. The van der Waals surface area contributed by atoms with Gasteiger partial charge in [-0.2, -0.15) is 0 Å². The quantitative estimate of drug-likeness (QED) is 0.523. The van der Waals surface area contributed by atoms with E-state index in [2.05, 4.69) is 44.5 Å². The molecular weight excluding hydrogens is 364 g/mol. The number of nitrogens with zero attached hydrogens (tertiary/aromatic N) is 3. The number of hydrogen-bond acceptors (Lipinski definition) is 6. The highest BCUT2D eigenvalue weighted by atomic mass is 32.2. The molecule has 1 N–H and O–H groups in total. The summed E-state index contributed by atoms with van der Waals surface area (Å²) in [7, 11) is 0. The van der Waals surface area contributed by atoms with E-state index >= 15 is 0 Å². The molecule has 4 rings (SSSR count). The van der Waals surface area contributed by atoms with E-state index in [1.807, 2.05) is 17.5 Å². The average Bonchev–Trinajstić information content (AvgIpc) is 3.30. The molecule has 3 aromatic rings. The van der Waals surface area contributed by atoms with Crippen molar-refractivity contribution in [1.82, 2.24) is 20.2 Å². The molecule has 7 heteroatoms. The standard InChI is InChI=1S/C19H20N4OS2/c24-17(12-26-19-16-7-9-25-18(16)20-13-21-19)22-15-6-8-23(11-15)10-14-4-2-1-3-5-14/h1-5,7,9,13,15H,6,8,10-12H2,(H,22,24).